The first kappa shape index (κ1) is 24.8. The van der Waals surface area contributed by atoms with Gasteiger partial charge in [-0.25, -0.2) is 5.06 Å². The summed E-state index contributed by atoms with van der Waals surface area (Å²) in [6, 6.07) is 24.3. The number of ether oxygens (including phenoxy) is 2. The molecule has 2 amide bonds. The van der Waals surface area contributed by atoms with Crippen LogP contribution in [0.15, 0.2) is 78.9 Å². The average molecular weight is 501 g/mol. The van der Waals surface area contributed by atoms with Crippen LogP contribution in [-0.2, 0) is 21.0 Å². The number of carbonyl (C=O) groups is 2. The lowest BCUT2D eigenvalue weighted by molar-refractivity contribution is -0.143. The predicted octanol–water partition coefficient (Wildman–Crippen LogP) is 5.31. The van der Waals surface area contributed by atoms with Crippen LogP contribution in [0.1, 0.15) is 43.9 Å². The van der Waals surface area contributed by atoms with E-state index >= 15 is 0 Å². The lowest BCUT2D eigenvalue weighted by Gasteiger charge is -2.29. The molecule has 2 aliphatic rings. The molecule has 7 nitrogen and oxygen atoms in total. The highest BCUT2D eigenvalue weighted by atomic mass is 16.7. The molecule has 37 heavy (non-hydrogen) atoms. The Hall–Kier alpha value is -3.84. The van der Waals surface area contributed by atoms with Gasteiger partial charge in [-0.2, -0.15) is 0 Å². The molecule has 0 saturated carbocycles. The molecule has 3 aromatic carbocycles. The van der Waals surface area contributed by atoms with Gasteiger partial charge in [-0.05, 0) is 48.7 Å². The van der Waals surface area contributed by atoms with Gasteiger partial charge in [0.1, 0.15) is 5.92 Å². The van der Waals surface area contributed by atoms with E-state index in [0.29, 0.717) is 24.7 Å². The first-order valence-electron chi connectivity index (χ1n) is 12.9. The van der Waals surface area contributed by atoms with Crippen LogP contribution < -0.4 is 14.5 Å². The van der Waals surface area contributed by atoms with E-state index in [1.165, 1.54) is 4.90 Å². The Morgan fingerprint density at radius 1 is 0.838 bits per heavy atom. The maximum Gasteiger partial charge on any atom is 0.262 e. The zero-order valence-electron chi connectivity index (χ0n) is 21.2. The van der Waals surface area contributed by atoms with Gasteiger partial charge in [-0.15, -0.1) is 0 Å². The summed E-state index contributed by atoms with van der Waals surface area (Å²) in [4.78, 5) is 34.8. The number of benzene rings is 3. The highest BCUT2D eigenvalue weighted by molar-refractivity contribution is 6.07. The van der Waals surface area contributed by atoms with Gasteiger partial charge < -0.3 is 9.47 Å². The highest BCUT2D eigenvalue weighted by Gasteiger charge is 2.59. The Balaban J connectivity index is 1.51. The van der Waals surface area contributed by atoms with Crippen molar-refractivity contribution in [1.29, 1.82) is 0 Å². The zero-order valence-corrected chi connectivity index (χ0v) is 21.2. The largest absolute Gasteiger partial charge is 0.490 e. The van der Waals surface area contributed by atoms with Gasteiger partial charge in [0.2, 0.25) is 5.91 Å². The molecular weight excluding hydrogens is 468 g/mol. The van der Waals surface area contributed by atoms with Gasteiger partial charge in [0.15, 0.2) is 17.6 Å². The quantitative estimate of drug-likeness (QED) is 0.278. The number of fused-ring (bicyclic) bond motifs is 1. The number of carbonyl (C=O) groups excluding carboxylic acids is 2. The number of para-hydroxylation sites is 1. The Morgan fingerprint density at radius 2 is 1.57 bits per heavy atom. The number of hydroxylamine groups is 1. The molecule has 3 aromatic rings. The van der Waals surface area contributed by atoms with Crippen molar-refractivity contribution in [3.8, 4) is 11.5 Å². The van der Waals surface area contributed by atoms with Crippen molar-refractivity contribution in [2.75, 3.05) is 18.3 Å². The number of nitrogens with zero attached hydrogens (tertiary/aromatic N) is 2. The van der Waals surface area contributed by atoms with Crippen LogP contribution in [0.25, 0.3) is 0 Å². The summed E-state index contributed by atoms with van der Waals surface area (Å²) in [6.07, 6.45) is 1.09. The molecule has 3 atom stereocenters. The van der Waals surface area contributed by atoms with Gasteiger partial charge in [0, 0.05) is 0 Å². The van der Waals surface area contributed by atoms with E-state index in [-0.39, 0.29) is 18.4 Å². The molecule has 0 unspecified atom stereocenters. The third kappa shape index (κ3) is 4.91. The Labute approximate surface area is 217 Å². The molecule has 0 spiro atoms. The molecule has 192 valence electrons. The topological polar surface area (TPSA) is 68.3 Å². The van der Waals surface area contributed by atoms with Crippen molar-refractivity contribution in [2.24, 2.45) is 5.92 Å². The van der Waals surface area contributed by atoms with Crippen molar-refractivity contribution < 1.29 is 23.9 Å². The molecular formula is C30H32N2O5. The number of amides is 2. The number of hydrogen-bond donors (Lipinski definition) is 0. The van der Waals surface area contributed by atoms with Crippen molar-refractivity contribution in [2.45, 2.75) is 45.4 Å². The average Bonchev–Trinajstić information content (AvgIpc) is 3.43. The molecule has 0 bridgehead atoms. The lowest BCUT2D eigenvalue weighted by atomic mass is 9.90. The van der Waals surface area contributed by atoms with E-state index in [2.05, 4.69) is 6.92 Å². The SMILES string of the molecule is CCCCOc1ccc([C@H]2[C@H]3C(=O)N(Cc4ccccc4)C(=O)[C@H]3ON2c2ccccc2)cc1OCC. The van der Waals surface area contributed by atoms with E-state index in [0.717, 1.165) is 29.7 Å². The van der Waals surface area contributed by atoms with Crippen LogP contribution in [0.4, 0.5) is 5.69 Å². The third-order valence-corrected chi connectivity index (χ3v) is 6.77. The summed E-state index contributed by atoms with van der Waals surface area (Å²) in [5.74, 6) is 0.0545. The number of anilines is 1. The monoisotopic (exact) mass is 500 g/mol. The molecule has 5 rings (SSSR count). The van der Waals surface area contributed by atoms with E-state index in [9.17, 15) is 9.59 Å². The molecule has 2 saturated heterocycles. The summed E-state index contributed by atoms with van der Waals surface area (Å²) in [5.41, 5.74) is 2.50. The van der Waals surface area contributed by atoms with Crippen LogP contribution in [0.2, 0.25) is 0 Å². The molecule has 0 aliphatic carbocycles. The minimum atomic E-state index is -0.891. The predicted molar refractivity (Wildman–Crippen MR) is 140 cm³/mol. The lowest BCUT2D eigenvalue weighted by Crippen LogP contribution is -2.36. The number of likely N-dealkylation sites (tertiary alicyclic amines) is 1. The molecule has 2 fully saturated rings. The second-order valence-corrected chi connectivity index (χ2v) is 9.25. The number of rotatable bonds is 10. The van der Waals surface area contributed by atoms with E-state index in [1.54, 1.807) is 5.06 Å². The highest BCUT2D eigenvalue weighted by Crippen LogP contribution is 2.48. The first-order valence-corrected chi connectivity index (χ1v) is 12.9. The summed E-state index contributed by atoms with van der Waals surface area (Å²) in [7, 11) is 0. The molecule has 7 heteroatoms. The molecule has 2 aliphatic heterocycles. The van der Waals surface area contributed by atoms with Crippen LogP contribution in [0.3, 0.4) is 0 Å². The summed E-state index contributed by atoms with van der Waals surface area (Å²) < 4.78 is 11.9. The fraction of sp³-hybridized carbons (Fsp3) is 0.333. The summed E-state index contributed by atoms with van der Waals surface area (Å²) in [6.45, 7) is 5.34. The molecule has 0 radical (unpaired) electrons. The van der Waals surface area contributed by atoms with Gasteiger partial charge in [-0.1, -0.05) is 67.9 Å². The summed E-state index contributed by atoms with van der Waals surface area (Å²) >= 11 is 0. The molecule has 2 heterocycles. The molecule has 0 N–H and O–H groups in total. The minimum absolute atomic E-state index is 0.224. The third-order valence-electron chi connectivity index (χ3n) is 6.77. The smallest absolute Gasteiger partial charge is 0.262 e. The summed E-state index contributed by atoms with van der Waals surface area (Å²) in [5, 5.41) is 1.70. The standard InChI is InChI=1S/C30H32N2O5/c1-3-5-18-36-24-17-16-22(19-25(24)35-4-2)27-26-28(37-32(27)23-14-10-7-11-15-23)30(34)31(29(26)33)20-21-12-8-6-9-13-21/h6-17,19,26-28H,3-5,18,20H2,1-2H3/t26-,27+,28+/m1/s1. The van der Waals surface area contributed by atoms with Crippen LogP contribution >= 0.6 is 0 Å². The second kappa shape index (κ2) is 11.0. The second-order valence-electron chi connectivity index (χ2n) is 9.25. The first-order chi connectivity index (χ1) is 18.1. The van der Waals surface area contributed by atoms with Crippen LogP contribution in [-0.4, -0.2) is 36.0 Å². The normalized spacial score (nSPS) is 20.9. The number of imide groups is 1. The van der Waals surface area contributed by atoms with Crippen molar-refractivity contribution >= 4 is 17.5 Å². The minimum Gasteiger partial charge on any atom is -0.490 e. The van der Waals surface area contributed by atoms with E-state index in [1.807, 2.05) is 85.8 Å². The van der Waals surface area contributed by atoms with E-state index in [4.69, 9.17) is 14.3 Å². The number of hydrogen-bond acceptors (Lipinski definition) is 6. The maximum atomic E-state index is 13.8. The maximum absolute atomic E-state index is 13.8. The Bertz CT molecular complexity index is 1230. The Kier molecular flexibility index (Phi) is 7.42. The van der Waals surface area contributed by atoms with Crippen LogP contribution in [0, 0.1) is 5.92 Å². The van der Waals surface area contributed by atoms with Crippen LogP contribution in [0.5, 0.6) is 11.5 Å². The Morgan fingerprint density at radius 3 is 2.27 bits per heavy atom. The number of unbranched alkanes of at least 4 members (excludes halogenated alkanes) is 1. The van der Waals surface area contributed by atoms with Gasteiger partial charge in [0.25, 0.3) is 5.91 Å². The molecule has 0 aromatic heterocycles. The fourth-order valence-electron chi connectivity index (χ4n) is 4.95. The van der Waals surface area contributed by atoms with Crippen molar-refractivity contribution in [3.05, 3.63) is 90.0 Å². The van der Waals surface area contributed by atoms with Gasteiger partial charge in [-0.3, -0.25) is 19.3 Å². The van der Waals surface area contributed by atoms with Gasteiger partial charge >= 0.3 is 0 Å². The van der Waals surface area contributed by atoms with Crippen molar-refractivity contribution in [3.63, 3.8) is 0 Å². The van der Waals surface area contributed by atoms with Crippen molar-refractivity contribution in [1.82, 2.24) is 4.90 Å². The van der Waals surface area contributed by atoms with Gasteiger partial charge in [0.05, 0.1) is 31.5 Å². The zero-order chi connectivity index (χ0) is 25.8. The fourth-order valence-corrected chi connectivity index (χ4v) is 4.95. The van der Waals surface area contributed by atoms with E-state index < -0.39 is 18.1 Å².